The predicted molar refractivity (Wildman–Crippen MR) is 107 cm³/mol. The van der Waals surface area contributed by atoms with E-state index in [1.165, 1.54) is 24.4 Å². The van der Waals surface area contributed by atoms with E-state index >= 15 is 0 Å². The van der Waals surface area contributed by atoms with Gasteiger partial charge in [-0.25, -0.2) is 9.37 Å². The van der Waals surface area contributed by atoms with Crippen LogP contribution in [0.1, 0.15) is 43.2 Å². The van der Waals surface area contributed by atoms with E-state index in [1.54, 1.807) is 19.1 Å². The summed E-state index contributed by atoms with van der Waals surface area (Å²) in [7, 11) is 0. The van der Waals surface area contributed by atoms with Gasteiger partial charge in [0.15, 0.2) is 0 Å². The molecule has 1 atom stereocenters. The Morgan fingerprint density at radius 1 is 1.29 bits per heavy atom. The van der Waals surface area contributed by atoms with Gasteiger partial charge >= 0.3 is 0 Å². The SMILES string of the molecule is CC1(C)C[C@@](C)(c2cc(NC(=O)c3ccc(Cl)cn3)ccc2F)N=C(N)CO1. The minimum absolute atomic E-state index is 0.183. The molecule has 28 heavy (non-hydrogen) atoms. The average Bonchev–Trinajstić information content (AvgIpc) is 2.72. The monoisotopic (exact) mass is 404 g/mol. The van der Waals surface area contributed by atoms with Crippen LogP contribution in [-0.2, 0) is 10.3 Å². The number of rotatable bonds is 3. The molecular formula is C20H22ClFN4O2. The molecule has 6 nitrogen and oxygen atoms in total. The molecule has 0 saturated heterocycles. The van der Waals surface area contributed by atoms with Gasteiger partial charge in [-0.1, -0.05) is 11.6 Å². The summed E-state index contributed by atoms with van der Waals surface area (Å²) >= 11 is 5.80. The zero-order valence-corrected chi connectivity index (χ0v) is 16.7. The van der Waals surface area contributed by atoms with Crippen molar-refractivity contribution in [3.8, 4) is 0 Å². The van der Waals surface area contributed by atoms with Crippen LogP contribution in [0, 0.1) is 5.82 Å². The molecule has 0 saturated carbocycles. The molecule has 3 N–H and O–H groups in total. The quantitative estimate of drug-likeness (QED) is 0.811. The number of carbonyl (C=O) groups is 1. The van der Waals surface area contributed by atoms with E-state index < -0.39 is 22.9 Å². The summed E-state index contributed by atoms with van der Waals surface area (Å²) in [5.74, 6) is -0.557. The van der Waals surface area contributed by atoms with E-state index in [-0.39, 0.29) is 12.3 Å². The van der Waals surface area contributed by atoms with Crippen LogP contribution >= 0.6 is 11.6 Å². The highest BCUT2D eigenvalue weighted by Gasteiger charge is 2.39. The number of nitrogens with zero attached hydrogens (tertiary/aromatic N) is 2. The summed E-state index contributed by atoms with van der Waals surface area (Å²) in [6.07, 6.45) is 1.81. The first kappa shape index (κ1) is 20.2. The number of halogens is 2. The number of hydrogen-bond acceptors (Lipinski definition) is 5. The van der Waals surface area contributed by atoms with Crippen LogP contribution < -0.4 is 11.1 Å². The molecule has 3 rings (SSSR count). The summed E-state index contributed by atoms with van der Waals surface area (Å²) in [6, 6.07) is 7.45. The molecule has 1 aliphatic heterocycles. The topological polar surface area (TPSA) is 89.6 Å². The van der Waals surface area contributed by atoms with Crippen LogP contribution in [0.25, 0.3) is 0 Å². The fraction of sp³-hybridized carbons (Fsp3) is 0.350. The molecule has 2 aromatic rings. The Morgan fingerprint density at radius 3 is 2.71 bits per heavy atom. The minimum Gasteiger partial charge on any atom is -0.386 e. The number of carbonyl (C=O) groups excluding carboxylic acids is 1. The number of amides is 1. The third-order valence-electron chi connectivity index (χ3n) is 4.54. The summed E-state index contributed by atoms with van der Waals surface area (Å²) in [5.41, 5.74) is 5.42. The Morgan fingerprint density at radius 2 is 2.04 bits per heavy atom. The fourth-order valence-electron chi connectivity index (χ4n) is 3.41. The molecule has 0 aliphatic carbocycles. The van der Waals surface area contributed by atoms with Crippen molar-refractivity contribution in [2.75, 3.05) is 11.9 Å². The van der Waals surface area contributed by atoms with E-state index in [9.17, 15) is 9.18 Å². The summed E-state index contributed by atoms with van der Waals surface area (Å²) in [6.45, 7) is 5.81. The van der Waals surface area contributed by atoms with E-state index in [1.807, 2.05) is 13.8 Å². The lowest BCUT2D eigenvalue weighted by molar-refractivity contribution is -0.0105. The second kappa shape index (κ2) is 7.48. The molecule has 0 fully saturated rings. The van der Waals surface area contributed by atoms with Gasteiger partial charge in [0.05, 0.1) is 16.2 Å². The molecule has 8 heteroatoms. The van der Waals surface area contributed by atoms with Gasteiger partial charge in [-0.2, -0.15) is 0 Å². The van der Waals surface area contributed by atoms with Gasteiger partial charge in [0.1, 0.15) is 24.0 Å². The number of pyridine rings is 1. The largest absolute Gasteiger partial charge is 0.386 e. The minimum atomic E-state index is -0.937. The Bertz CT molecular complexity index is 930. The van der Waals surface area contributed by atoms with Gasteiger partial charge in [-0.05, 0) is 51.1 Å². The predicted octanol–water partition coefficient (Wildman–Crippen LogP) is 3.90. The molecule has 1 aromatic carbocycles. The first-order chi connectivity index (χ1) is 13.1. The number of aromatic nitrogens is 1. The highest BCUT2D eigenvalue weighted by Crippen LogP contribution is 2.39. The number of nitrogens with one attached hydrogen (secondary N) is 1. The molecule has 148 valence electrons. The van der Waals surface area contributed by atoms with Crippen molar-refractivity contribution in [2.45, 2.75) is 38.3 Å². The lowest BCUT2D eigenvalue weighted by Gasteiger charge is -2.33. The molecule has 2 heterocycles. The smallest absolute Gasteiger partial charge is 0.274 e. The maximum atomic E-state index is 14.7. The van der Waals surface area contributed by atoms with Gasteiger partial charge in [0.2, 0.25) is 0 Å². The second-order valence-electron chi connectivity index (χ2n) is 7.61. The Balaban J connectivity index is 1.93. The zero-order chi connectivity index (χ0) is 20.5. The van der Waals surface area contributed by atoms with Crippen LogP contribution in [-0.4, -0.2) is 28.9 Å². The summed E-state index contributed by atoms with van der Waals surface area (Å²) in [5, 5.41) is 3.16. The third kappa shape index (κ3) is 4.48. The zero-order valence-electron chi connectivity index (χ0n) is 15.9. The third-order valence-corrected chi connectivity index (χ3v) is 4.76. The van der Waals surface area contributed by atoms with Gasteiger partial charge in [-0.15, -0.1) is 0 Å². The van der Waals surface area contributed by atoms with E-state index in [2.05, 4.69) is 15.3 Å². The van der Waals surface area contributed by atoms with E-state index in [4.69, 9.17) is 22.1 Å². The van der Waals surface area contributed by atoms with Crippen molar-refractivity contribution >= 4 is 29.0 Å². The number of ether oxygens (including phenoxy) is 1. The molecule has 0 spiro atoms. The summed E-state index contributed by atoms with van der Waals surface area (Å²) in [4.78, 5) is 20.9. The van der Waals surface area contributed by atoms with Crippen molar-refractivity contribution in [3.63, 3.8) is 0 Å². The molecule has 0 unspecified atom stereocenters. The first-order valence-corrected chi connectivity index (χ1v) is 9.17. The van der Waals surface area contributed by atoms with Crippen molar-refractivity contribution in [2.24, 2.45) is 10.7 Å². The molecule has 0 bridgehead atoms. The van der Waals surface area contributed by atoms with E-state index in [0.29, 0.717) is 28.5 Å². The molecular weight excluding hydrogens is 383 g/mol. The number of hydrogen-bond donors (Lipinski definition) is 2. The number of amidine groups is 1. The lowest BCUT2D eigenvalue weighted by atomic mass is 9.82. The van der Waals surface area contributed by atoms with Crippen LogP contribution in [0.3, 0.4) is 0 Å². The number of aliphatic imine (C=N–C) groups is 1. The molecule has 0 radical (unpaired) electrons. The standard InChI is InChI=1S/C20H22ClFN4O2/c1-19(2)11-20(3,26-17(23)10-28-19)14-8-13(5-6-15(14)22)25-18(27)16-7-4-12(21)9-24-16/h4-9H,10-11H2,1-3H3,(H2,23,26)(H,25,27)/t20-/m0/s1. The van der Waals surface area contributed by atoms with Crippen molar-refractivity contribution in [3.05, 3.63) is 58.6 Å². The van der Waals surface area contributed by atoms with Crippen molar-refractivity contribution < 1.29 is 13.9 Å². The fourth-order valence-corrected chi connectivity index (χ4v) is 3.53. The van der Waals surface area contributed by atoms with Gasteiger partial charge in [0, 0.05) is 23.9 Å². The van der Waals surface area contributed by atoms with Crippen LogP contribution in [0.15, 0.2) is 41.5 Å². The number of nitrogens with two attached hydrogens (primary N) is 1. The Kier molecular flexibility index (Phi) is 5.41. The van der Waals surface area contributed by atoms with Gasteiger partial charge in [-0.3, -0.25) is 9.79 Å². The molecule has 1 aliphatic rings. The van der Waals surface area contributed by atoms with Crippen molar-refractivity contribution in [1.82, 2.24) is 4.98 Å². The highest BCUT2D eigenvalue weighted by atomic mass is 35.5. The second-order valence-corrected chi connectivity index (χ2v) is 8.05. The normalized spacial score (nSPS) is 21.5. The van der Waals surface area contributed by atoms with Crippen LogP contribution in [0.4, 0.5) is 10.1 Å². The maximum absolute atomic E-state index is 14.7. The van der Waals surface area contributed by atoms with Crippen LogP contribution in [0.2, 0.25) is 5.02 Å². The maximum Gasteiger partial charge on any atom is 0.274 e. The molecule has 1 amide bonds. The summed E-state index contributed by atoms with van der Waals surface area (Å²) < 4.78 is 20.5. The van der Waals surface area contributed by atoms with Gasteiger partial charge in [0.25, 0.3) is 5.91 Å². The Labute approximate surface area is 168 Å². The lowest BCUT2D eigenvalue weighted by Crippen LogP contribution is -2.33. The Hall–Kier alpha value is -2.51. The van der Waals surface area contributed by atoms with Crippen molar-refractivity contribution in [1.29, 1.82) is 0 Å². The molecule has 1 aromatic heterocycles. The van der Waals surface area contributed by atoms with Gasteiger partial charge < -0.3 is 15.8 Å². The van der Waals surface area contributed by atoms with Crippen LogP contribution in [0.5, 0.6) is 0 Å². The first-order valence-electron chi connectivity index (χ1n) is 8.79. The highest BCUT2D eigenvalue weighted by molar-refractivity contribution is 6.30. The van der Waals surface area contributed by atoms with E-state index in [0.717, 1.165) is 0 Å². The number of anilines is 1. The average molecular weight is 405 g/mol. The number of benzene rings is 1.